The van der Waals surface area contributed by atoms with E-state index in [1.165, 1.54) is 0 Å². The van der Waals surface area contributed by atoms with Crippen molar-refractivity contribution < 1.29 is 14.3 Å². The van der Waals surface area contributed by atoms with Gasteiger partial charge in [0.15, 0.2) is 6.61 Å². The third-order valence-corrected chi connectivity index (χ3v) is 2.73. The fraction of sp³-hybridized carbons (Fsp3) is 0.562. The van der Waals surface area contributed by atoms with Crippen LogP contribution in [-0.2, 0) is 16.1 Å². The molecule has 0 aromatic heterocycles. The second kappa shape index (κ2) is 9.37. The molecule has 1 aromatic rings. The van der Waals surface area contributed by atoms with E-state index in [4.69, 9.17) is 9.47 Å². The van der Waals surface area contributed by atoms with Gasteiger partial charge in [-0.1, -0.05) is 39.3 Å². The van der Waals surface area contributed by atoms with Gasteiger partial charge in [-0.3, -0.25) is 0 Å². The third kappa shape index (κ3) is 7.14. The second-order valence-corrected chi connectivity index (χ2v) is 5.05. The molecule has 0 amide bonds. The van der Waals surface area contributed by atoms with E-state index >= 15 is 0 Å². The van der Waals surface area contributed by atoms with Crippen LogP contribution < -0.4 is 10.1 Å². The van der Waals surface area contributed by atoms with E-state index in [0.717, 1.165) is 24.9 Å². The molecule has 0 saturated carbocycles. The zero-order valence-electron chi connectivity index (χ0n) is 12.6. The van der Waals surface area contributed by atoms with Crippen LogP contribution in [0, 0.1) is 0 Å². The maximum atomic E-state index is 11.4. The van der Waals surface area contributed by atoms with Crippen LogP contribution in [0.2, 0.25) is 0 Å². The number of ether oxygens (including phenoxy) is 2. The van der Waals surface area contributed by atoms with Crippen LogP contribution in [0.15, 0.2) is 24.3 Å². The highest BCUT2D eigenvalue weighted by molar-refractivity contribution is 5.71. The minimum absolute atomic E-state index is 0.0369. The van der Waals surface area contributed by atoms with Gasteiger partial charge in [0.1, 0.15) is 5.75 Å². The van der Waals surface area contributed by atoms with Gasteiger partial charge in [-0.25, -0.2) is 4.79 Å². The van der Waals surface area contributed by atoms with Crippen molar-refractivity contribution in [3.63, 3.8) is 0 Å². The molecule has 0 heterocycles. The first-order chi connectivity index (χ1) is 9.61. The van der Waals surface area contributed by atoms with Crippen molar-refractivity contribution in [1.82, 2.24) is 5.32 Å². The van der Waals surface area contributed by atoms with Crippen molar-refractivity contribution in [3.8, 4) is 5.75 Å². The lowest BCUT2D eigenvalue weighted by atomic mass is 10.2. The summed E-state index contributed by atoms with van der Waals surface area (Å²) in [4.78, 5) is 11.4. The summed E-state index contributed by atoms with van der Waals surface area (Å²) in [5.74, 6) is 0.379. The van der Waals surface area contributed by atoms with Crippen molar-refractivity contribution in [2.24, 2.45) is 0 Å². The number of hydrogen-bond donors (Lipinski definition) is 1. The van der Waals surface area contributed by atoms with Gasteiger partial charge in [0.05, 0.1) is 6.61 Å². The molecule has 0 aliphatic rings. The standard InChI is InChI=1S/C16H25NO3/c1-4-5-9-19-16(18)12-20-15-8-6-7-14(10-15)11-17-13(2)3/h6-8,10,13,17H,4-5,9,11-12H2,1-3H3. The lowest BCUT2D eigenvalue weighted by molar-refractivity contribution is -0.146. The highest BCUT2D eigenvalue weighted by atomic mass is 16.6. The largest absolute Gasteiger partial charge is 0.482 e. The third-order valence-electron chi connectivity index (χ3n) is 2.73. The molecule has 4 heteroatoms. The Labute approximate surface area is 121 Å². The van der Waals surface area contributed by atoms with E-state index in [2.05, 4.69) is 26.1 Å². The van der Waals surface area contributed by atoms with Gasteiger partial charge in [0.25, 0.3) is 0 Å². The summed E-state index contributed by atoms with van der Waals surface area (Å²) >= 11 is 0. The maximum absolute atomic E-state index is 11.4. The van der Waals surface area contributed by atoms with Crippen molar-refractivity contribution in [3.05, 3.63) is 29.8 Å². The zero-order chi connectivity index (χ0) is 14.8. The van der Waals surface area contributed by atoms with E-state index in [1.807, 2.05) is 24.3 Å². The maximum Gasteiger partial charge on any atom is 0.344 e. The predicted molar refractivity (Wildman–Crippen MR) is 79.8 cm³/mol. The number of unbranched alkanes of at least 4 members (excludes halogenated alkanes) is 1. The Bertz CT molecular complexity index is 404. The highest BCUT2D eigenvalue weighted by Gasteiger charge is 2.04. The molecule has 0 spiro atoms. The lowest BCUT2D eigenvalue weighted by Crippen LogP contribution is -2.21. The molecule has 0 aliphatic carbocycles. The fourth-order valence-electron chi connectivity index (χ4n) is 1.58. The molecule has 0 atom stereocenters. The Hall–Kier alpha value is -1.55. The Morgan fingerprint density at radius 2 is 2.15 bits per heavy atom. The van der Waals surface area contributed by atoms with Crippen LogP contribution in [0.3, 0.4) is 0 Å². The van der Waals surface area contributed by atoms with E-state index in [0.29, 0.717) is 18.4 Å². The summed E-state index contributed by atoms with van der Waals surface area (Å²) in [5.41, 5.74) is 1.13. The van der Waals surface area contributed by atoms with Gasteiger partial charge in [0, 0.05) is 12.6 Å². The van der Waals surface area contributed by atoms with Gasteiger partial charge in [-0.05, 0) is 24.1 Å². The molecular formula is C16H25NO3. The van der Waals surface area contributed by atoms with Crippen LogP contribution >= 0.6 is 0 Å². The first-order valence-corrected chi connectivity index (χ1v) is 7.22. The monoisotopic (exact) mass is 279 g/mol. The topological polar surface area (TPSA) is 47.6 Å². The number of benzene rings is 1. The van der Waals surface area contributed by atoms with Crippen LogP contribution in [-0.4, -0.2) is 25.2 Å². The summed E-state index contributed by atoms with van der Waals surface area (Å²) < 4.78 is 10.5. The molecule has 0 saturated heterocycles. The smallest absolute Gasteiger partial charge is 0.344 e. The molecule has 0 aliphatic heterocycles. The Kier molecular flexibility index (Phi) is 7.73. The van der Waals surface area contributed by atoms with Crippen LogP contribution in [0.1, 0.15) is 39.2 Å². The van der Waals surface area contributed by atoms with E-state index in [9.17, 15) is 4.79 Å². The fourth-order valence-corrected chi connectivity index (χ4v) is 1.58. The second-order valence-electron chi connectivity index (χ2n) is 5.05. The van der Waals surface area contributed by atoms with Crippen molar-refractivity contribution >= 4 is 5.97 Å². The van der Waals surface area contributed by atoms with Crippen molar-refractivity contribution in [2.75, 3.05) is 13.2 Å². The summed E-state index contributed by atoms with van der Waals surface area (Å²) in [6.45, 7) is 7.48. The number of hydrogen-bond acceptors (Lipinski definition) is 4. The molecular weight excluding hydrogens is 254 g/mol. The molecule has 4 nitrogen and oxygen atoms in total. The van der Waals surface area contributed by atoms with Crippen LogP contribution in [0.25, 0.3) is 0 Å². The van der Waals surface area contributed by atoms with Crippen molar-refractivity contribution in [2.45, 2.75) is 46.2 Å². The number of nitrogens with one attached hydrogen (secondary N) is 1. The molecule has 0 fully saturated rings. The van der Waals surface area contributed by atoms with Gasteiger partial charge in [-0.15, -0.1) is 0 Å². The van der Waals surface area contributed by atoms with Crippen molar-refractivity contribution in [1.29, 1.82) is 0 Å². The molecule has 1 aromatic carbocycles. The molecule has 0 unspecified atom stereocenters. The first kappa shape index (κ1) is 16.5. The SMILES string of the molecule is CCCCOC(=O)COc1cccc(CNC(C)C)c1. The van der Waals surface area contributed by atoms with Gasteiger partial charge < -0.3 is 14.8 Å². The Balaban J connectivity index is 2.36. The summed E-state index contributed by atoms with van der Waals surface area (Å²) in [5, 5.41) is 3.34. The lowest BCUT2D eigenvalue weighted by Gasteiger charge is -2.10. The number of carbonyl (C=O) groups is 1. The quantitative estimate of drug-likeness (QED) is 0.558. The van der Waals surface area contributed by atoms with E-state index < -0.39 is 0 Å². The average molecular weight is 279 g/mol. The Morgan fingerprint density at radius 1 is 1.35 bits per heavy atom. The zero-order valence-corrected chi connectivity index (χ0v) is 12.6. The average Bonchev–Trinajstić information content (AvgIpc) is 2.44. The number of carbonyl (C=O) groups excluding carboxylic acids is 1. The van der Waals surface area contributed by atoms with E-state index in [-0.39, 0.29) is 12.6 Å². The summed E-state index contributed by atoms with van der Waals surface area (Å²) in [6.07, 6.45) is 1.90. The minimum Gasteiger partial charge on any atom is -0.482 e. The van der Waals surface area contributed by atoms with Crippen LogP contribution in [0.4, 0.5) is 0 Å². The minimum atomic E-state index is -0.316. The number of esters is 1. The molecule has 1 N–H and O–H groups in total. The van der Waals surface area contributed by atoms with E-state index in [1.54, 1.807) is 0 Å². The molecule has 0 radical (unpaired) electrons. The molecule has 0 bridgehead atoms. The molecule has 20 heavy (non-hydrogen) atoms. The van der Waals surface area contributed by atoms with Crippen LogP contribution in [0.5, 0.6) is 5.75 Å². The number of rotatable bonds is 9. The highest BCUT2D eigenvalue weighted by Crippen LogP contribution is 2.13. The predicted octanol–water partition coefficient (Wildman–Crippen LogP) is 2.91. The molecule has 112 valence electrons. The summed E-state index contributed by atoms with van der Waals surface area (Å²) in [6, 6.07) is 8.18. The normalized spacial score (nSPS) is 10.6. The first-order valence-electron chi connectivity index (χ1n) is 7.22. The van der Waals surface area contributed by atoms with Gasteiger partial charge >= 0.3 is 5.97 Å². The Morgan fingerprint density at radius 3 is 2.85 bits per heavy atom. The molecule has 1 rings (SSSR count). The van der Waals surface area contributed by atoms with Gasteiger partial charge in [-0.2, -0.15) is 0 Å². The summed E-state index contributed by atoms with van der Waals surface area (Å²) in [7, 11) is 0. The van der Waals surface area contributed by atoms with Gasteiger partial charge in [0.2, 0.25) is 0 Å².